The molecule has 1 heterocycles. The highest BCUT2D eigenvalue weighted by molar-refractivity contribution is 8.13. The molecule has 0 atom stereocenters. The number of hydrogen-bond acceptors (Lipinski definition) is 4. The van der Waals surface area contributed by atoms with Crippen molar-refractivity contribution < 1.29 is 9.59 Å². The number of aryl methyl sites for hydroxylation is 1. The summed E-state index contributed by atoms with van der Waals surface area (Å²) in [6, 6.07) is 10.7. The summed E-state index contributed by atoms with van der Waals surface area (Å²) in [5.74, 6) is -0.228. The molecule has 0 spiro atoms. The zero-order chi connectivity index (χ0) is 16.1. The van der Waals surface area contributed by atoms with Crippen LogP contribution in [0, 0.1) is 6.92 Å². The maximum Gasteiger partial charge on any atom is 0.285 e. The molecular weight excluding hydrogens is 298 g/mol. The molecule has 2 aromatic rings. The Morgan fingerprint density at radius 1 is 1.18 bits per heavy atom. The van der Waals surface area contributed by atoms with Crippen molar-refractivity contribution >= 4 is 28.6 Å². The van der Waals surface area contributed by atoms with Gasteiger partial charge in [0.1, 0.15) is 0 Å². The fourth-order valence-electron chi connectivity index (χ4n) is 1.63. The SMILES string of the molecule is Cc1ccc(C(=O)Nc2cccc(SC(=O)N(C)C)c2)cn1. The number of carbonyl (C=O) groups excluding carboxylic acids is 2. The molecule has 114 valence electrons. The second-order valence-electron chi connectivity index (χ2n) is 4.93. The van der Waals surface area contributed by atoms with Crippen molar-refractivity contribution in [1.82, 2.24) is 9.88 Å². The average Bonchev–Trinajstić information content (AvgIpc) is 2.48. The number of thioether (sulfide) groups is 1. The molecule has 0 aliphatic heterocycles. The van der Waals surface area contributed by atoms with Gasteiger partial charge in [-0.3, -0.25) is 14.6 Å². The number of nitrogens with one attached hydrogen (secondary N) is 1. The van der Waals surface area contributed by atoms with Gasteiger partial charge in [0, 0.05) is 36.6 Å². The first-order chi connectivity index (χ1) is 10.5. The van der Waals surface area contributed by atoms with Crippen molar-refractivity contribution in [1.29, 1.82) is 0 Å². The lowest BCUT2D eigenvalue weighted by molar-refractivity contribution is 0.102. The van der Waals surface area contributed by atoms with Crippen LogP contribution in [0.2, 0.25) is 0 Å². The maximum atomic E-state index is 12.1. The van der Waals surface area contributed by atoms with Crippen LogP contribution in [0.25, 0.3) is 0 Å². The number of benzene rings is 1. The monoisotopic (exact) mass is 315 g/mol. The zero-order valence-electron chi connectivity index (χ0n) is 12.7. The van der Waals surface area contributed by atoms with E-state index in [0.717, 1.165) is 22.4 Å². The second-order valence-corrected chi connectivity index (χ2v) is 5.96. The molecule has 1 N–H and O–H groups in total. The van der Waals surface area contributed by atoms with Crippen LogP contribution in [0.3, 0.4) is 0 Å². The number of anilines is 1. The highest BCUT2D eigenvalue weighted by Gasteiger charge is 2.09. The molecule has 0 unspecified atom stereocenters. The Bertz CT molecular complexity index is 684. The first kappa shape index (κ1) is 16.0. The minimum absolute atomic E-state index is 0.0637. The van der Waals surface area contributed by atoms with E-state index in [2.05, 4.69) is 10.3 Å². The van der Waals surface area contributed by atoms with Gasteiger partial charge in [-0.2, -0.15) is 0 Å². The van der Waals surface area contributed by atoms with Crippen LogP contribution in [-0.2, 0) is 0 Å². The predicted molar refractivity (Wildman–Crippen MR) is 88.3 cm³/mol. The summed E-state index contributed by atoms with van der Waals surface area (Å²) in [5, 5.41) is 2.74. The fourth-order valence-corrected chi connectivity index (χ4v) is 2.35. The van der Waals surface area contributed by atoms with Crippen LogP contribution in [0.5, 0.6) is 0 Å². The van der Waals surface area contributed by atoms with E-state index in [1.807, 2.05) is 13.0 Å². The molecule has 0 fully saturated rings. The molecule has 0 radical (unpaired) electrons. The van der Waals surface area contributed by atoms with Gasteiger partial charge in [-0.1, -0.05) is 6.07 Å². The molecule has 2 rings (SSSR count). The lowest BCUT2D eigenvalue weighted by Crippen LogP contribution is -2.16. The zero-order valence-corrected chi connectivity index (χ0v) is 13.5. The van der Waals surface area contributed by atoms with Crippen LogP contribution in [0.1, 0.15) is 16.1 Å². The normalized spacial score (nSPS) is 10.1. The summed E-state index contributed by atoms with van der Waals surface area (Å²) in [6.07, 6.45) is 1.54. The van der Waals surface area contributed by atoms with Gasteiger partial charge in [0.25, 0.3) is 11.1 Å². The number of amides is 2. The number of hydrogen-bond donors (Lipinski definition) is 1. The summed E-state index contributed by atoms with van der Waals surface area (Å²) >= 11 is 1.11. The van der Waals surface area contributed by atoms with E-state index in [1.54, 1.807) is 50.6 Å². The minimum Gasteiger partial charge on any atom is -0.339 e. The largest absolute Gasteiger partial charge is 0.339 e. The summed E-state index contributed by atoms with van der Waals surface area (Å²) < 4.78 is 0. The van der Waals surface area contributed by atoms with E-state index >= 15 is 0 Å². The molecule has 22 heavy (non-hydrogen) atoms. The lowest BCUT2D eigenvalue weighted by atomic mass is 10.2. The number of rotatable bonds is 3. The van der Waals surface area contributed by atoms with Crippen LogP contribution in [0.4, 0.5) is 10.5 Å². The van der Waals surface area contributed by atoms with E-state index in [9.17, 15) is 9.59 Å². The summed E-state index contributed by atoms with van der Waals surface area (Å²) in [5.41, 5.74) is 1.99. The van der Waals surface area contributed by atoms with E-state index in [4.69, 9.17) is 0 Å². The maximum absolute atomic E-state index is 12.1. The second kappa shape index (κ2) is 7.09. The van der Waals surface area contributed by atoms with Crippen molar-refractivity contribution in [2.75, 3.05) is 19.4 Å². The quantitative estimate of drug-likeness (QED) is 0.882. The molecule has 0 aliphatic carbocycles. The Labute approximate surface area is 133 Å². The first-order valence-electron chi connectivity index (χ1n) is 6.69. The predicted octanol–water partition coefficient (Wildman–Crippen LogP) is 3.42. The van der Waals surface area contributed by atoms with Crippen LogP contribution in [-0.4, -0.2) is 35.1 Å². The molecular formula is C16H17N3O2S. The van der Waals surface area contributed by atoms with E-state index < -0.39 is 0 Å². The number of carbonyl (C=O) groups is 2. The van der Waals surface area contributed by atoms with Gasteiger partial charge >= 0.3 is 0 Å². The van der Waals surface area contributed by atoms with Gasteiger partial charge in [-0.15, -0.1) is 0 Å². The Morgan fingerprint density at radius 3 is 2.59 bits per heavy atom. The molecule has 5 nitrogen and oxygen atoms in total. The fraction of sp³-hybridized carbons (Fsp3) is 0.188. The number of pyridine rings is 1. The van der Waals surface area contributed by atoms with Crippen LogP contribution < -0.4 is 5.32 Å². The summed E-state index contributed by atoms with van der Waals surface area (Å²) in [6.45, 7) is 1.87. The van der Waals surface area contributed by atoms with E-state index in [-0.39, 0.29) is 11.1 Å². The summed E-state index contributed by atoms with van der Waals surface area (Å²) in [4.78, 5) is 30.2. The first-order valence-corrected chi connectivity index (χ1v) is 7.50. The smallest absolute Gasteiger partial charge is 0.285 e. The summed E-state index contributed by atoms with van der Waals surface area (Å²) in [7, 11) is 3.40. The third-order valence-electron chi connectivity index (χ3n) is 2.84. The van der Waals surface area contributed by atoms with Crippen molar-refractivity contribution in [3.63, 3.8) is 0 Å². The molecule has 6 heteroatoms. The van der Waals surface area contributed by atoms with Crippen molar-refractivity contribution in [3.05, 3.63) is 53.9 Å². The topological polar surface area (TPSA) is 62.3 Å². The Morgan fingerprint density at radius 2 is 1.95 bits per heavy atom. The van der Waals surface area contributed by atoms with Gasteiger partial charge in [-0.05, 0) is 49.0 Å². The highest BCUT2D eigenvalue weighted by Crippen LogP contribution is 2.23. The average molecular weight is 315 g/mol. The highest BCUT2D eigenvalue weighted by atomic mass is 32.2. The van der Waals surface area contributed by atoms with Gasteiger partial charge in [-0.25, -0.2) is 0 Å². The minimum atomic E-state index is -0.228. The Balaban J connectivity index is 2.08. The molecule has 0 saturated heterocycles. The number of nitrogens with zero attached hydrogens (tertiary/aromatic N) is 2. The van der Waals surface area contributed by atoms with Gasteiger partial charge in [0.2, 0.25) is 0 Å². The standard InChI is InChI=1S/C16H17N3O2S/c1-11-7-8-12(10-17-11)15(20)18-13-5-4-6-14(9-13)22-16(21)19(2)3/h4-10H,1-3H3,(H,18,20). The van der Waals surface area contributed by atoms with Crippen LogP contribution in [0.15, 0.2) is 47.5 Å². The Kier molecular flexibility index (Phi) is 5.16. The van der Waals surface area contributed by atoms with Crippen molar-refractivity contribution in [2.24, 2.45) is 0 Å². The third-order valence-corrected chi connectivity index (χ3v) is 3.87. The van der Waals surface area contributed by atoms with Crippen molar-refractivity contribution in [3.8, 4) is 0 Å². The van der Waals surface area contributed by atoms with Crippen molar-refractivity contribution in [2.45, 2.75) is 11.8 Å². The number of aromatic nitrogens is 1. The van der Waals surface area contributed by atoms with Crippen LogP contribution >= 0.6 is 11.8 Å². The van der Waals surface area contributed by atoms with Gasteiger partial charge < -0.3 is 10.2 Å². The van der Waals surface area contributed by atoms with Gasteiger partial charge in [0.05, 0.1) is 5.56 Å². The van der Waals surface area contributed by atoms with Gasteiger partial charge in [0.15, 0.2) is 0 Å². The molecule has 2 amide bonds. The Hall–Kier alpha value is -2.34. The molecule has 0 bridgehead atoms. The van der Waals surface area contributed by atoms with E-state index in [0.29, 0.717) is 11.3 Å². The molecule has 1 aromatic carbocycles. The lowest BCUT2D eigenvalue weighted by Gasteiger charge is -2.10. The molecule has 0 saturated carbocycles. The van der Waals surface area contributed by atoms with E-state index in [1.165, 1.54) is 4.90 Å². The molecule has 0 aliphatic rings. The third kappa shape index (κ3) is 4.33. The molecule has 1 aromatic heterocycles.